The molecule has 1 unspecified atom stereocenters. The average Bonchev–Trinajstić information content (AvgIpc) is 2.94. The minimum atomic E-state index is -0.916. The third-order valence-electron chi connectivity index (χ3n) is 4.58. The first-order valence-electron chi connectivity index (χ1n) is 8.03. The molecule has 2 aromatic rings. The van der Waals surface area contributed by atoms with Crippen molar-refractivity contribution in [3.05, 3.63) is 35.1 Å². The Kier molecular flexibility index (Phi) is 4.57. The molecule has 1 aromatic heterocycles. The van der Waals surface area contributed by atoms with Crippen molar-refractivity contribution in [3.63, 3.8) is 0 Å². The van der Waals surface area contributed by atoms with Gasteiger partial charge >= 0.3 is 5.97 Å². The molecule has 24 heavy (non-hydrogen) atoms. The van der Waals surface area contributed by atoms with E-state index < -0.39 is 12.1 Å². The van der Waals surface area contributed by atoms with Crippen molar-refractivity contribution in [1.82, 2.24) is 4.90 Å². The molecule has 1 N–H and O–H groups in total. The number of morpholine rings is 1. The van der Waals surface area contributed by atoms with Gasteiger partial charge in [0, 0.05) is 24.0 Å². The second-order valence-corrected chi connectivity index (χ2v) is 6.25. The van der Waals surface area contributed by atoms with Crippen LogP contribution in [0.1, 0.15) is 23.1 Å². The van der Waals surface area contributed by atoms with E-state index >= 15 is 0 Å². The standard InChI is InChI=1S/C18H21NO5/c1-11-3-4-15-13(10-24-18(15)12(11)2)7-16(20)19-5-6-23-14(9-19)8-17(21)22/h3-4,10,14H,5-9H2,1-2H3,(H,21,22). The molecule has 2 heterocycles. The molecule has 1 aliphatic heterocycles. The summed E-state index contributed by atoms with van der Waals surface area (Å²) in [5.41, 5.74) is 3.92. The van der Waals surface area contributed by atoms with Crippen LogP contribution in [0.15, 0.2) is 22.8 Å². The van der Waals surface area contributed by atoms with Gasteiger partial charge in [-0.25, -0.2) is 0 Å². The molecule has 1 aromatic carbocycles. The van der Waals surface area contributed by atoms with E-state index in [-0.39, 0.29) is 18.7 Å². The van der Waals surface area contributed by atoms with Crippen LogP contribution in [0.3, 0.4) is 0 Å². The number of amides is 1. The Bertz CT molecular complexity index is 779. The van der Waals surface area contributed by atoms with Crippen LogP contribution in [0, 0.1) is 13.8 Å². The third kappa shape index (κ3) is 3.28. The number of furan rings is 1. The van der Waals surface area contributed by atoms with Crippen molar-refractivity contribution in [1.29, 1.82) is 0 Å². The number of carboxylic acids is 1. The summed E-state index contributed by atoms with van der Waals surface area (Å²) in [6.45, 7) is 5.21. The minimum Gasteiger partial charge on any atom is -0.481 e. The first-order chi connectivity index (χ1) is 11.5. The van der Waals surface area contributed by atoms with E-state index in [9.17, 15) is 9.59 Å². The Labute approximate surface area is 140 Å². The van der Waals surface area contributed by atoms with Crippen LogP contribution >= 0.6 is 0 Å². The smallest absolute Gasteiger partial charge is 0.306 e. The van der Waals surface area contributed by atoms with E-state index in [0.717, 1.165) is 27.7 Å². The highest BCUT2D eigenvalue weighted by Gasteiger charge is 2.26. The number of benzene rings is 1. The minimum absolute atomic E-state index is 0.0328. The van der Waals surface area contributed by atoms with E-state index in [1.807, 2.05) is 26.0 Å². The molecule has 0 spiro atoms. The molecule has 6 nitrogen and oxygen atoms in total. The lowest BCUT2D eigenvalue weighted by Crippen LogP contribution is -2.46. The highest BCUT2D eigenvalue weighted by molar-refractivity contribution is 5.89. The predicted molar refractivity (Wildman–Crippen MR) is 88.0 cm³/mol. The number of aryl methyl sites for hydroxylation is 2. The summed E-state index contributed by atoms with van der Waals surface area (Å²) in [4.78, 5) is 25.1. The molecule has 1 atom stereocenters. The molecule has 0 bridgehead atoms. The van der Waals surface area contributed by atoms with Crippen LogP contribution in [-0.2, 0) is 20.7 Å². The molecule has 3 rings (SSSR count). The molecule has 0 aliphatic carbocycles. The second-order valence-electron chi connectivity index (χ2n) is 6.25. The van der Waals surface area contributed by atoms with Gasteiger partial charge in [0.1, 0.15) is 5.58 Å². The number of rotatable bonds is 4. The van der Waals surface area contributed by atoms with Gasteiger partial charge in [-0.05, 0) is 25.0 Å². The van der Waals surface area contributed by atoms with Gasteiger partial charge in [-0.15, -0.1) is 0 Å². The normalized spacial score (nSPS) is 18.1. The quantitative estimate of drug-likeness (QED) is 0.930. The van der Waals surface area contributed by atoms with E-state index in [4.69, 9.17) is 14.3 Å². The van der Waals surface area contributed by atoms with Gasteiger partial charge < -0.3 is 19.2 Å². The first-order valence-corrected chi connectivity index (χ1v) is 8.03. The molecule has 6 heteroatoms. The number of carboxylic acid groups (broad SMARTS) is 1. The van der Waals surface area contributed by atoms with Gasteiger partial charge in [-0.3, -0.25) is 9.59 Å². The maximum absolute atomic E-state index is 12.6. The lowest BCUT2D eigenvalue weighted by atomic mass is 10.0. The molecular weight excluding hydrogens is 310 g/mol. The zero-order chi connectivity index (χ0) is 17.3. The van der Waals surface area contributed by atoms with E-state index in [1.165, 1.54) is 0 Å². The molecule has 1 amide bonds. The van der Waals surface area contributed by atoms with Gasteiger partial charge in [0.25, 0.3) is 0 Å². The molecule has 1 fully saturated rings. The van der Waals surface area contributed by atoms with Crippen LogP contribution in [0.25, 0.3) is 11.0 Å². The number of hydrogen-bond donors (Lipinski definition) is 1. The van der Waals surface area contributed by atoms with E-state index in [2.05, 4.69) is 0 Å². The Balaban J connectivity index is 1.73. The third-order valence-corrected chi connectivity index (χ3v) is 4.58. The topological polar surface area (TPSA) is 80.0 Å². The highest BCUT2D eigenvalue weighted by Crippen LogP contribution is 2.27. The number of nitrogens with zero attached hydrogens (tertiary/aromatic N) is 1. The summed E-state index contributed by atoms with van der Waals surface area (Å²) >= 11 is 0. The molecule has 128 valence electrons. The zero-order valence-electron chi connectivity index (χ0n) is 13.9. The van der Waals surface area contributed by atoms with Crippen LogP contribution in [0.5, 0.6) is 0 Å². The van der Waals surface area contributed by atoms with Gasteiger partial charge in [0.15, 0.2) is 0 Å². The summed E-state index contributed by atoms with van der Waals surface area (Å²) in [5.74, 6) is -0.949. The monoisotopic (exact) mass is 331 g/mol. The summed E-state index contributed by atoms with van der Waals surface area (Å²) in [6.07, 6.45) is 1.36. The average molecular weight is 331 g/mol. The first kappa shape index (κ1) is 16.5. The fraction of sp³-hybridized carbons (Fsp3) is 0.444. The highest BCUT2D eigenvalue weighted by atomic mass is 16.5. The molecule has 1 saturated heterocycles. The number of carbonyl (C=O) groups is 2. The number of carbonyl (C=O) groups excluding carboxylic acids is 1. The number of aliphatic carboxylic acids is 1. The Morgan fingerprint density at radius 2 is 2.12 bits per heavy atom. The van der Waals surface area contributed by atoms with Crippen molar-refractivity contribution >= 4 is 22.8 Å². The lowest BCUT2D eigenvalue weighted by Gasteiger charge is -2.32. The number of hydrogen-bond acceptors (Lipinski definition) is 4. The zero-order valence-corrected chi connectivity index (χ0v) is 13.9. The maximum atomic E-state index is 12.6. The molecule has 0 radical (unpaired) electrons. The van der Waals surface area contributed by atoms with Crippen molar-refractivity contribution in [2.24, 2.45) is 0 Å². The van der Waals surface area contributed by atoms with Crippen LogP contribution in [0.4, 0.5) is 0 Å². The summed E-state index contributed by atoms with van der Waals surface area (Å²) < 4.78 is 11.1. The van der Waals surface area contributed by atoms with Crippen molar-refractivity contribution in [3.8, 4) is 0 Å². The van der Waals surface area contributed by atoms with Crippen LogP contribution in [0.2, 0.25) is 0 Å². The van der Waals surface area contributed by atoms with Gasteiger partial charge in [0.05, 0.1) is 31.8 Å². The van der Waals surface area contributed by atoms with Gasteiger partial charge in [-0.2, -0.15) is 0 Å². The fourth-order valence-corrected chi connectivity index (χ4v) is 3.06. The van der Waals surface area contributed by atoms with Crippen molar-refractivity contribution < 1.29 is 23.8 Å². The van der Waals surface area contributed by atoms with Gasteiger partial charge in [-0.1, -0.05) is 12.1 Å². The summed E-state index contributed by atoms with van der Waals surface area (Å²) in [7, 11) is 0. The summed E-state index contributed by atoms with van der Waals surface area (Å²) in [5, 5.41) is 9.83. The predicted octanol–water partition coefficient (Wildman–Crippen LogP) is 2.29. The SMILES string of the molecule is Cc1ccc2c(CC(=O)N3CCOC(CC(=O)O)C3)coc2c1C. The van der Waals surface area contributed by atoms with Gasteiger partial charge in [0.2, 0.25) is 5.91 Å². The number of ether oxygens (including phenoxy) is 1. The van der Waals surface area contributed by atoms with E-state index in [0.29, 0.717) is 19.7 Å². The van der Waals surface area contributed by atoms with E-state index in [1.54, 1.807) is 11.2 Å². The number of fused-ring (bicyclic) bond motifs is 1. The lowest BCUT2D eigenvalue weighted by molar-refractivity contribution is -0.147. The second kappa shape index (κ2) is 6.65. The molecule has 0 saturated carbocycles. The fourth-order valence-electron chi connectivity index (χ4n) is 3.06. The largest absolute Gasteiger partial charge is 0.481 e. The molecule has 1 aliphatic rings. The van der Waals surface area contributed by atoms with Crippen LogP contribution in [-0.4, -0.2) is 47.7 Å². The Hall–Kier alpha value is -2.34. The van der Waals surface area contributed by atoms with Crippen molar-refractivity contribution in [2.45, 2.75) is 32.8 Å². The summed E-state index contributed by atoms with van der Waals surface area (Å²) in [6, 6.07) is 4.01. The maximum Gasteiger partial charge on any atom is 0.306 e. The molecular formula is C18H21NO5. The Morgan fingerprint density at radius 3 is 2.88 bits per heavy atom. The van der Waals surface area contributed by atoms with Crippen LogP contribution < -0.4 is 0 Å². The van der Waals surface area contributed by atoms with Crippen molar-refractivity contribution in [2.75, 3.05) is 19.7 Å². The Morgan fingerprint density at radius 1 is 1.33 bits per heavy atom.